The Labute approximate surface area is 289 Å². The lowest BCUT2D eigenvalue weighted by molar-refractivity contribution is -0.181. The number of esters is 1. The number of β-lactam (4-membered cyclic amide) rings is 1. The summed E-state index contributed by atoms with van der Waals surface area (Å²) < 4.78 is 11.3. The van der Waals surface area contributed by atoms with E-state index in [1.165, 1.54) is 9.80 Å². The first-order valence-corrected chi connectivity index (χ1v) is 17.7. The van der Waals surface area contributed by atoms with Crippen molar-refractivity contribution in [1.29, 1.82) is 0 Å². The topological polar surface area (TPSA) is 112 Å². The monoisotopic (exact) mass is 671 g/mol. The number of carbonyl (C=O) groups is 4. The van der Waals surface area contributed by atoms with Gasteiger partial charge in [-0.3, -0.25) is 24.3 Å². The van der Waals surface area contributed by atoms with Crippen LogP contribution in [0.4, 0.5) is 4.79 Å². The Bertz CT molecular complexity index is 1480. The van der Waals surface area contributed by atoms with E-state index in [1.54, 1.807) is 20.8 Å². The van der Waals surface area contributed by atoms with Crippen LogP contribution < -0.4 is 5.32 Å². The van der Waals surface area contributed by atoms with Crippen LogP contribution in [0.5, 0.6) is 0 Å². The Kier molecular flexibility index (Phi) is 10.7. The standard InChI is InChI=1S/C38H49N5O6/c1-38(2,3)49-33(44)25-31(35(45)43(29-17-11-6-12-18-29)40-23-21-39-22-24-40)41-30(20-19-27-13-7-4-8-14-27)34(36(41)46)42-32(26-48-37(42)47)28-15-9-5-10-16-28/h4-5,7-10,13-16,19-20,29-32,34,39H,6,11-12,17-18,21-26H2,1-3H3/t30?,31?,32-,34?/m1/s1. The second-order valence-electron chi connectivity index (χ2n) is 14.3. The van der Waals surface area contributed by atoms with Gasteiger partial charge in [-0.25, -0.2) is 9.80 Å². The lowest BCUT2D eigenvalue weighted by atomic mass is 9.87. The number of hydrogen-bond donors (Lipinski definition) is 1. The predicted molar refractivity (Wildman–Crippen MR) is 185 cm³/mol. The van der Waals surface area contributed by atoms with Crippen molar-refractivity contribution in [3.05, 3.63) is 77.9 Å². The third kappa shape index (κ3) is 7.83. The van der Waals surface area contributed by atoms with Crippen LogP contribution in [0.2, 0.25) is 0 Å². The molecule has 3 saturated heterocycles. The number of likely N-dealkylation sites (tertiary alicyclic amines) is 1. The molecule has 1 N–H and O–H groups in total. The molecule has 49 heavy (non-hydrogen) atoms. The Morgan fingerprint density at radius 2 is 1.63 bits per heavy atom. The van der Waals surface area contributed by atoms with Crippen molar-refractivity contribution in [2.45, 2.75) is 95.1 Å². The molecule has 3 amide bonds. The molecule has 0 bridgehead atoms. The van der Waals surface area contributed by atoms with Gasteiger partial charge in [0.25, 0.3) is 5.91 Å². The van der Waals surface area contributed by atoms with E-state index < -0.39 is 47.7 Å². The molecule has 3 aliphatic heterocycles. The summed E-state index contributed by atoms with van der Waals surface area (Å²) in [7, 11) is 0. The van der Waals surface area contributed by atoms with Crippen molar-refractivity contribution >= 4 is 30.0 Å². The zero-order valence-corrected chi connectivity index (χ0v) is 28.8. The summed E-state index contributed by atoms with van der Waals surface area (Å²) in [5.74, 6) is -1.24. The molecule has 2 aromatic rings. The van der Waals surface area contributed by atoms with Gasteiger partial charge in [-0.1, -0.05) is 92.1 Å². The summed E-state index contributed by atoms with van der Waals surface area (Å²) in [6.07, 6.45) is 7.78. The Hall–Kier alpha value is -4.22. The third-order valence-corrected chi connectivity index (χ3v) is 9.78. The highest BCUT2D eigenvalue weighted by Crippen LogP contribution is 2.40. The molecule has 1 saturated carbocycles. The van der Waals surface area contributed by atoms with Gasteiger partial charge in [0, 0.05) is 32.2 Å². The molecule has 11 nitrogen and oxygen atoms in total. The zero-order chi connectivity index (χ0) is 34.5. The molecule has 11 heteroatoms. The van der Waals surface area contributed by atoms with Crippen LogP contribution in [0.25, 0.3) is 6.08 Å². The molecule has 262 valence electrons. The molecule has 0 radical (unpaired) electrons. The van der Waals surface area contributed by atoms with E-state index in [4.69, 9.17) is 9.47 Å². The van der Waals surface area contributed by atoms with Crippen molar-refractivity contribution in [2.75, 3.05) is 32.8 Å². The van der Waals surface area contributed by atoms with E-state index in [2.05, 4.69) is 10.3 Å². The van der Waals surface area contributed by atoms with Crippen LogP contribution >= 0.6 is 0 Å². The van der Waals surface area contributed by atoms with Crippen LogP contribution in [0.3, 0.4) is 0 Å². The van der Waals surface area contributed by atoms with Crippen molar-refractivity contribution in [2.24, 2.45) is 0 Å². The van der Waals surface area contributed by atoms with Crippen LogP contribution in [0, 0.1) is 0 Å². The van der Waals surface area contributed by atoms with E-state index in [9.17, 15) is 14.4 Å². The van der Waals surface area contributed by atoms with Gasteiger partial charge in [-0.15, -0.1) is 0 Å². The number of ether oxygens (including phenoxy) is 2. The van der Waals surface area contributed by atoms with E-state index in [0.717, 1.165) is 56.3 Å². The number of hydrazine groups is 1. The van der Waals surface area contributed by atoms with Gasteiger partial charge in [-0.2, -0.15) is 0 Å². The first-order chi connectivity index (χ1) is 23.6. The minimum absolute atomic E-state index is 0.0259. The fourth-order valence-corrected chi connectivity index (χ4v) is 7.55. The molecule has 0 aromatic heterocycles. The highest BCUT2D eigenvalue weighted by Gasteiger charge is 2.59. The summed E-state index contributed by atoms with van der Waals surface area (Å²) in [5, 5.41) is 7.33. The molecule has 4 fully saturated rings. The second-order valence-corrected chi connectivity index (χ2v) is 14.3. The number of rotatable bonds is 10. The van der Waals surface area contributed by atoms with E-state index in [1.807, 2.05) is 77.8 Å². The molecule has 0 spiro atoms. The molecule has 1 aliphatic carbocycles. The van der Waals surface area contributed by atoms with E-state index in [0.29, 0.717) is 13.1 Å². The normalized spacial score (nSPS) is 24.4. The smallest absolute Gasteiger partial charge is 0.411 e. The fourth-order valence-electron chi connectivity index (χ4n) is 7.55. The van der Waals surface area contributed by atoms with E-state index in [-0.39, 0.29) is 25.0 Å². The second kappa shape index (κ2) is 15.1. The number of nitrogens with zero attached hydrogens (tertiary/aromatic N) is 4. The summed E-state index contributed by atoms with van der Waals surface area (Å²) in [5.41, 5.74) is 0.987. The van der Waals surface area contributed by atoms with Crippen LogP contribution in [-0.2, 0) is 23.9 Å². The quantitative estimate of drug-likeness (QED) is 0.289. The maximum Gasteiger partial charge on any atom is 0.411 e. The van der Waals surface area contributed by atoms with E-state index >= 15 is 4.79 Å². The number of cyclic esters (lactones) is 1. The molecule has 6 rings (SSSR count). The number of carbonyl (C=O) groups excluding carboxylic acids is 4. The van der Waals surface area contributed by atoms with Crippen molar-refractivity contribution in [1.82, 2.24) is 25.1 Å². The van der Waals surface area contributed by atoms with Crippen molar-refractivity contribution < 1.29 is 28.7 Å². The molecule has 3 heterocycles. The lowest BCUT2D eigenvalue weighted by Gasteiger charge is -2.54. The minimum Gasteiger partial charge on any atom is -0.460 e. The third-order valence-electron chi connectivity index (χ3n) is 9.78. The first-order valence-electron chi connectivity index (χ1n) is 17.7. The molecule has 3 unspecified atom stereocenters. The van der Waals surface area contributed by atoms with Crippen LogP contribution in [-0.4, -0.2) is 106 Å². The van der Waals surface area contributed by atoms with Gasteiger partial charge in [-0.05, 0) is 44.7 Å². The first kappa shape index (κ1) is 34.6. The fraction of sp³-hybridized carbons (Fsp3) is 0.526. The Balaban J connectivity index is 1.39. The number of hydrogen-bond acceptors (Lipinski definition) is 8. The zero-order valence-electron chi connectivity index (χ0n) is 28.8. The highest BCUT2D eigenvalue weighted by atomic mass is 16.6. The summed E-state index contributed by atoms with van der Waals surface area (Å²) in [6.45, 7) is 8.24. The van der Waals surface area contributed by atoms with Gasteiger partial charge in [0.05, 0.1) is 18.5 Å². The maximum absolute atomic E-state index is 15.1. The SMILES string of the molecule is CC(C)(C)OC(=O)CC(C(=O)N(C1CCCCC1)N1CCNCC1)N1C(=O)C(N2C(=O)OC[C@@H]2c2ccccc2)C1C=Cc1ccccc1. The Morgan fingerprint density at radius 3 is 2.29 bits per heavy atom. The maximum atomic E-state index is 15.1. The molecular formula is C38H49N5O6. The van der Waals surface area contributed by atoms with Gasteiger partial charge < -0.3 is 19.7 Å². The number of nitrogens with one attached hydrogen (secondary N) is 1. The Morgan fingerprint density at radius 1 is 0.980 bits per heavy atom. The van der Waals surface area contributed by atoms with Gasteiger partial charge in [0.2, 0.25) is 5.91 Å². The molecule has 4 aliphatic rings. The lowest BCUT2D eigenvalue weighted by Crippen LogP contribution is -2.75. The predicted octanol–water partition coefficient (Wildman–Crippen LogP) is 4.55. The summed E-state index contributed by atoms with van der Waals surface area (Å²) in [4.78, 5) is 59.6. The van der Waals surface area contributed by atoms with Crippen LogP contribution in [0.15, 0.2) is 66.7 Å². The summed E-state index contributed by atoms with van der Waals surface area (Å²) in [6, 6.07) is 15.9. The van der Waals surface area contributed by atoms with Crippen LogP contribution in [0.1, 0.15) is 76.5 Å². The van der Waals surface area contributed by atoms with Gasteiger partial charge in [0.15, 0.2) is 0 Å². The average Bonchev–Trinajstić information content (AvgIpc) is 3.47. The van der Waals surface area contributed by atoms with Crippen molar-refractivity contribution in [3.63, 3.8) is 0 Å². The highest BCUT2D eigenvalue weighted by molar-refractivity contribution is 5.99. The average molecular weight is 672 g/mol. The largest absolute Gasteiger partial charge is 0.460 e. The number of benzene rings is 2. The summed E-state index contributed by atoms with van der Waals surface area (Å²) >= 11 is 0. The molecule has 4 atom stereocenters. The van der Waals surface area contributed by atoms with Gasteiger partial charge >= 0.3 is 12.1 Å². The number of amides is 3. The molecular weight excluding hydrogens is 622 g/mol. The minimum atomic E-state index is -1.13. The number of piperazine rings is 1. The van der Waals surface area contributed by atoms with Crippen molar-refractivity contribution in [3.8, 4) is 0 Å². The van der Waals surface area contributed by atoms with Gasteiger partial charge in [0.1, 0.15) is 24.3 Å². The molecule has 2 aromatic carbocycles.